The van der Waals surface area contributed by atoms with E-state index in [-0.39, 0.29) is 0 Å². The van der Waals surface area contributed by atoms with Gasteiger partial charge in [-0.15, -0.1) is 0 Å². The minimum absolute atomic E-state index is 0.484. The molecule has 2 nitrogen and oxygen atoms in total. The van der Waals surface area contributed by atoms with Crippen LogP contribution in [0.1, 0.15) is 19.8 Å². The summed E-state index contributed by atoms with van der Waals surface area (Å²) in [4.78, 5) is 4.27. The number of rotatable bonds is 10. The largest absolute Gasteiger partial charge is 0.340 e. The van der Waals surface area contributed by atoms with E-state index in [2.05, 4.69) is 163 Å². The Balaban J connectivity index is 0.000000212. The molecule has 4 heteroatoms. The fraction of sp³-hybridized carbons (Fsp3) is 0.171. The zero-order valence-corrected chi connectivity index (χ0v) is 24.2. The molecule has 0 unspecified atom stereocenters. The average molecular weight is 527 g/mol. The van der Waals surface area contributed by atoms with Gasteiger partial charge in [-0.05, 0) is 18.9 Å². The first-order chi connectivity index (χ1) is 19.2. The van der Waals surface area contributed by atoms with Crippen LogP contribution >= 0.6 is 0 Å². The normalized spacial score (nSPS) is 11.1. The van der Waals surface area contributed by atoms with Gasteiger partial charge in [-0.2, -0.15) is 0 Å². The van der Waals surface area contributed by atoms with Gasteiger partial charge in [-0.25, -0.2) is 4.98 Å². The Bertz CT molecular complexity index is 1280. The summed E-state index contributed by atoms with van der Waals surface area (Å²) in [5.41, 5.74) is 2.75. The SMILES string of the molecule is CB(c1ccccc1)c1ccccc1.CCC=CCC[Si](Cn1ccnc1)(c1ccccc1)c1ccccc1. The van der Waals surface area contributed by atoms with Gasteiger partial charge in [0.05, 0.1) is 6.33 Å². The molecule has 0 saturated heterocycles. The molecule has 0 spiro atoms. The summed E-state index contributed by atoms with van der Waals surface area (Å²) >= 11 is 0. The molecule has 5 rings (SSSR count). The van der Waals surface area contributed by atoms with Gasteiger partial charge in [0.2, 0.25) is 6.71 Å². The quantitative estimate of drug-likeness (QED) is 0.162. The minimum Gasteiger partial charge on any atom is -0.340 e. The molecule has 1 aromatic heterocycles. The molecule has 4 aromatic carbocycles. The molecule has 0 amide bonds. The molecule has 5 aromatic rings. The van der Waals surface area contributed by atoms with Crippen LogP contribution < -0.4 is 21.3 Å². The summed E-state index contributed by atoms with van der Waals surface area (Å²) in [6.45, 7) is 4.92. The first kappa shape index (κ1) is 28.1. The van der Waals surface area contributed by atoms with Crippen LogP contribution in [0.25, 0.3) is 0 Å². The van der Waals surface area contributed by atoms with Crippen molar-refractivity contribution >= 4 is 36.1 Å². The standard InChI is InChI=1S/C22H26N2Si.C13H13B/c1-2-3-4-11-18-25(20-24-17-16-23-19-24,21-12-7-5-8-13-21)22-14-9-6-10-15-22;1-14(12-8-4-2-5-9-12)13-10-6-3-7-11-13/h3-10,12-17,19H,2,11,18,20H2,1H3;2-11H,1H3. The Morgan fingerprint density at radius 1 is 0.692 bits per heavy atom. The Kier molecular flexibility index (Phi) is 10.7. The highest BCUT2D eigenvalue weighted by Crippen LogP contribution is 2.17. The molecule has 0 bridgehead atoms. The van der Waals surface area contributed by atoms with E-state index in [4.69, 9.17) is 0 Å². The van der Waals surface area contributed by atoms with Crippen molar-refractivity contribution in [3.8, 4) is 0 Å². The highest BCUT2D eigenvalue weighted by atomic mass is 28.3. The number of nitrogens with zero attached hydrogens (tertiary/aromatic N) is 2. The third-order valence-electron chi connectivity index (χ3n) is 7.40. The average Bonchev–Trinajstić information content (AvgIpc) is 3.53. The van der Waals surface area contributed by atoms with Crippen molar-refractivity contribution in [2.45, 2.75) is 38.8 Å². The second-order valence-corrected chi connectivity index (χ2v) is 14.1. The molecule has 0 atom stereocenters. The van der Waals surface area contributed by atoms with Crippen molar-refractivity contribution < 1.29 is 0 Å². The second-order valence-electron chi connectivity index (χ2n) is 10.0. The zero-order valence-electron chi connectivity index (χ0n) is 23.2. The monoisotopic (exact) mass is 526 g/mol. The molecule has 0 aliphatic rings. The van der Waals surface area contributed by atoms with Crippen molar-refractivity contribution in [2.75, 3.05) is 0 Å². The summed E-state index contributed by atoms with van der Waals surface area (Å²) in [6.07, 6.45) is 13.8. The van der Waals surface area contributed by atoms with Crippen molar-refractivity contribution in [1.82, 2.24) is 9.55 Å². The van der Waals surface area contributed by atoms with E-state index in [1.165, 1.54) is 27.3 Å². The Hall–Kier alpha value is -3.89. The fourth-order valence-electron chi connectivity index (χ4n) is 5.21. The van der Waals surface area contributed by atoms with Crippen LogP contribution in [0.4, 0.5) is 0 Å². The van der Waals surface area contributed by atoms with Crippen LogP contribution in [0.3, 0.4) is 0 Å². The highest BCUT2D eigenvalue weighted by Gasteiger charge is 2.36. The van der Waals surface area contributed by atoms with Gasteiger partial charge < -0.3 is 4.57 Å². The number of imidazole rings is 1. The molecule has 0 saturated carbocycles. The van der Waals surface area contributed by atoms with Gasteiger partial charge in [0, 0.05) is 18.6 Å². The lowest BCUT2D eigenvalue weighted by Crippen LogP contribution is -2.61. The molecule has 39 heavy (non-hydrogen) atoms. The predicted octanol–water partition coefficient (Wildman–Crippen LogP) is 5.97. The predicted molar refractivity (Wildman–Crippen MR) is 173 cm³/mol. The summed E-state index contributed by atoms with van der Waals surface area (Å²) in [7, 11) is -1.93. The minimum atomic E-state index is -1.93. The van der Waals surface area contributed by atoms with Gasteiger partial charge in [0.15, 0.2) is 0 Å². The number of hydrogen-bond acceptors (Lipinski definition) is 1. The van der Waals surface area contributed by atoms with Crippen LogP contribution in [-0.2, 0) is 6.17 Å². The van der Waals surface area contributed by atoms with Crippen LogP contribution in [0.15, 0.2) is 152 Å². The van der Waals surface area contributed by atoms with Crippen molar-refractivity contribution in [1.29, 1.82) is 0 Å². The van der Waals surface area contributed by atoms with Crippen molar-refractivity contribution in [3.05, 3.63) is 152 Å². The van der Waals surface area contributed by atoms with Gasteiger partial charge in [-0.3, -0.25) is 0 Å². The van der Waals surface area contributed by atoms with E-state index in [0.717, 1.165) is 19.0 Å². The number of benzene rings is 4. The molecule has 0 aliphatic heterocycles. The molecule has 0 N–H and O–H groups in total. The molecule has 0 aliphatic carbocycles. The fourth-order valence-corrected chi connectivity index (χ4v) is 9.78. The lowest BCUT2D eigenvalue weighted by molar-refractivity contribution is 0.848. The van der Waals surface area contributed by atoms with E-state index >= 15 is 0 Å². The molecular weight excluding hydrogens is 487 g/mol. The van der Waals surface area contributed by atoms with Gasteiger partial charge in [0.25, 0.3) is 0 Å². The van der Waals surface area contributed by atoms with Gasteiger partial charge in [-0.1, -0.05) is 169 Å². The molecular formula is C35H39BN2Si. The lowest BCUT2D eigenvalue weighted by Gasteiger charge is -2.33. The Morgan fingerprint density at radius 3 is 1.62 bits per heavy atom. The molecule has 0 radical (unpaired) electrons. The first-order valence-corrected chi connectivity index (χ1v) is 16.5. The lowest BCUT2D eigenvalue weighted by atomic mass is 9.43. The van der Waals surface area contributed by atoms with Crippen molar-refractivity contribution in [2.24, 2.45) is 0 Å². The van der Waals surface area contributed by atoms with E-state index in [1.807, 2.05) is 12.5 Å². The zero-order chi connectivity index (χ0) is 27.2. The summed E-state index contributed by atoms with van der Waals surface area (Å²) in [5, 5.41) is 3.00. The highest BCUT2D eigenvalue weighted by molar-refractivity contribution is 7.01. The molecule has 1 heterocycles. The van der Waals surface area contributed by atoms with Crippen molar-refractivity contribution in [3.63, 3.8) is 0 Å². The third kappa shape index (κ3) is 7.81. The van der Waals surface area contributed by atoms with Crippen LogP contribution in [-0.4, -0.2) is 24.3 Å². The maximum atomic E-state index is 4.27. The van der Waals surface area contributed by atoms with E-state index in [0.29, 0.717) is 6.71 Å². The second kappa shape index (κ2) is 14.9. The maximum Gasteiger partial charge on any atom is 0.206 e. The summed E-state index contributed by atoms with van der Waals surface area (Å²) in [6, 6.07) is 44.6. The van der Waals surface area contributed by atoms with Crippen LogP contribution in [0, 0.1) is 0 Å². The summed E-state index contributed by atoms with van der Waals surface area (Å²) in [5.74, 6) is 0. The number of hydrogen-bond donors (Lipinski definition) is 0. The van der Waals surface area contributed by atoms with Gasteiger partial charge >= 0.3 is 0 Å². The van der Waals surface area contributed by atoms with Crippen LogP contribution in [0.5, 0.6) is 0 Å². The Morgan fingerprint density at radius 2 is 1.18 bits per heavy atom. The smallest absolute Gasteiger partial charge is 0.206 e. The Labute approximate surface area is 236 Å². The van der Waals surface area contributed by atoms with Crippen LogP contribution in [0.2, 0.25) is 12.9 Å². The number of aromatic nitrogens is 2. The molecule has 0 fully saturated rings. The maximum absolute atomic E-state index is 4.27. The third-order valence-corrected chi connectivity index (χ3v) is 12.3. The van der Waals surface area contributed by atoms with E-state index < -0.39 is 8.07 Å². The summed E-state index contributed by atoms with van der Waals surface area (Å²) < 4.78 is 2.26. The van der Waals surface area contributed by atoms with Gasteiger partial charge in [0.1, 0.15) is 8.07 Å². The van der Waals surface area contributed by atoms with E-state index in [9.17, 15) is 0 Å². The van der Waals surface area contributed by atoms with E-state index in [1.54, 1.807) is 0 Å². The topological polar surface area (TPSA) is 17.8 Å². The number of allylic oxidation sites excluding steroid dienone is 2. The first-order valence-electron chi connectivity index (χ1n) is 14.0. The molecule has 196 valence electrons.